The molecular weight excluding hydrogens is 231 g/mol. The fraction of sp³-hybridized carbons (Fsp3) is 0.300. The number of ether oxygens (including phenoxy) is 1. The first-order valence-electron chi connectivity index (χ1n) is 4.50. The van der Waals surface area contributed by atoms with Crippen molar-refractivity contribution in [1.82, 2.24) is 0 Å². The smallest absolute Gasteiger partial charge is 0.439 e. The van der Waals surface area contributed by atoms with E-state index in [4.69, 9.17) is 9.05 Å². The molecule has 0 rings (SSSR count). The van der Waals surface area contributed by atoms with Gasteiger partial charge in [-0.3, -0.25) is 9.05 Å². The fourth-order valence-corrected chi connectivity index (χ4v) is 1.77. The van der Waals surface area contributed by atoms with Gasteiger partial charge in [0.25, 0.3) is 0 Å². The van der Waals surface area contributed by atoms with Gasteiger partial charge >= 0.3 is 13.3 Å². The molecule has 0 aromatic carbocycles. The maximum atomic E-state index is 11.9. The van der Waals surface area contributed by atoms with Gasteiger partial charge in [-0.1, -0.05) is 24.8 Å². The van der Waals surface area contributed by atoms with Gasteiger partial charge in [-0.15, -0.1) is 13.2 Å². The van der Waals surface area contributed by atoms with E-state index in [1.54, 1.807) is 0 Å². The van der Waals surface area contributed by atoms with Gasteiger partial charge in [0.2, 0.25) is 0 Å². The lowest BCUT2D eigenvalue weighted by Crippen LogP contribution is -2.09. The van der Waals surface area contributed by atoms with E-state index in [9.17, 15) is 9.36 Å². The zero-order valence-electron chi connectivity index (χ0n) is 8.96. The fourth-order valence-electron chi connectivity index (χ4n) is 0.654. The van der Waals surface area contributed by atoms with Crippen molar-refractivity contribution in [1.29, 1.82) is 0 Å². The topological polar surface area (TPSA) is 61.8 Å². The van der Waals surface area contributed by atoms with Crippen LogP contribution in [0.3, 0.4) is 0 Å². The summed E-state index contributed by atoms with van der Waals surface area (Å²) < 4.78 is 26.1. The van der Waals surface area contributed by atoms with Crippen LogP contribution in [0.4, 0.5) is 4.79 Å². The molecule has 0 spiro atoms. The molecule has 90 valence electrons. The van der Waals surface area contributed by atoms with Crippen molar-refractivity contribution < 1.29 is 23.1 Å². The summed E-state index contributed by atoms with van der Waals surface area (Å²) in [5.41, 5.74) is -1.05. The Labute approximate surface area is 94.9 Å². The molecule has 0 N–H and O–H groups in total. The maximum absolute atomic E-state index is 11.9. The summed E-state index contributed by atoms with van der Waals surface area (Å²) in [5.74, 6) is 0. The zero-order chi connectivity index (χ0) is 12.4. The van der Waals surface area contributed by atoms with Crippen molar-refractivity contribution in [2.45, 2.75) is 0 Å². The van der Waals surface area contributed by atoms with E-state index in [1.165, 1.54) is 18.2 Å². The molecule has 0 atom stereocenters. The minimum atomic E-state index is -3.92. The highest BCUT2D eigenvalue weighted by Gasteiger charge is 2.36. The third-order valence-electron chi connectivity index (χ3n) is 1.27. The highest BCUT2D eigenvalue weighted by Crippen LogP contribution is 2.50. The van der Waals surface area contributed by atoms with E-state index in [-0.39, 0.29) is 19.8 Å². The van der Waals surface area contributed by atoms with Crippen LogP contribution in [0.2, 0.25) is 0 Å². The van der Waals surface area contributed by atoms with Crippen LogP contribution in [0.25, 0.3) is 0 Å². The van der Waals surface area contributed by atoms with Crippen molar-refractivity contribution in [2.75, 3.05) is 19.8 Å². The molecule has 0 aromatic rings. The summed E-state index contributed by atoms with van der Waals surface area (Å²) in [6.07, 6.45) is 4.05. The van der Waals surface area contributed by atoms with Crippen molar-refractivity contribution in [2.24, 2.45) is 0 Å². The Morgan fingerprint density at radius 1 is 1.00 bits per heavy atom. The van der Waals surface area contributed by atoms with Crippen LogP contribution in [0.1, 0.15) is 0 Å². The molecule has 0 amide bonds. The second-order valence-corrected chi connectivity index (χ2v) is 4.41. The van der Waals surface area contributed by atoms with Crippen molar-refractivity contribution >= 4 is 13.3 Å². The summed E-state index contributed by atoms with van der Waals surface area (Å²) in [5, 5.41) is 0. The lowest BCUT2D eigenvalue weighted by atomic mass is 10.7. The summed E-state index contributed by atoms with van der Waals surface area (Å²) in [7, 11) is -3.92. The lowest BCUT2D eigenvalue weighted by molar-refractivity contribution is 0.161. The molecule has 0 aromatic heterocycles. The van der Waals surface area contributed by atoms with Gasteiger partial charge < -0.3 is 4.74 Å². The second-order valence-electron chi connectivity index (χ2n) is 2.53. The number of hydrogen-bond acceptors (Lipinski definition) is 5. The molecule has 5 nitrogen and oxygen atoms in total. The first-order valence-corrected chi connectivity index (χ1v) is 6.04. The Morgan fingerprint density at radius 3 is 1.81 bits per heavy atom. The van der Waals surface area contributed by atoms with Gasteiger partial charge in [-0.05, 0) is 0 Å². The van der Waals surface area contributed by atoms with Crippen molar-refractivity contribution in [3.05, 3.63) is 38.0 Å². The van der Waals surface area contributed by atoms with Crippen LogP contribution in [0.15, 0.2) is 38.0 Å². The molecular formula is C10H15O5P. The molecule has 0 saturated heterocycles. The molecule has 0 fully saturated rings. The summed E-state index contributed by atoms with van der Waals surface area (Å²) in [4.78, 5) is 11.4. The van der Waals surface area contributed by atoms with E-state index in [1.807, 2.05) is 0 Å². The average molecular weight is 246 g/mol. The third kappa shape index (κ3) is 5.07. The Kier molecular flexibility index (Phi) is 7.46. The van der Waals surface area contributed by atoms with Gasteiger partial charge in [-0.2, -0.15) is 0 Å². The molecule has 0 aliphatic rings. The maximum Gasteiger partial charge on any atom is 0.439 e. The molecule has 0 unspecified atom stereocenters. The van der Waals surface area contributed by atoms with Gasteiger partial charge in [0.05, 0.1) is 13.2 Å². The van der Waals surface area contributed by atoms with Gasteiger partial charge in [0, 0.05) is 0 Å². The van der Waals surface area contributed by atoms with Crippen LogP contribution >= 0.6 is 7.60 Å². The first kappa shape index (κ1) is 14.8. The van der Waals surface area contributed by atoms with E-state index >= 15 is 0 Å². The van der Waals surface area contributed by atoms with E-state index in [0.29, 0.717) is 0 Å². The number of rotatable bonds is 9. The normalized spacial score (nSPS) is 10.5. The largest absolute Gasteiger partial charge is 0.452 e. The standard InChI is InChI=1S/C10H15O5P/c1-4-7-13-10(11)16(12,14-8-5-2)15-9-6-3/h4-6H,1-3,7-9H2. The molecule has 0 bridgehead atoms. The number of hydrogen-bond donors (Lipinski definition) is 0. The monoisotopic (exact) mass is 246 g/mol. The summed E-state index contributed by atoms with van der Waals surface area (Å²) >= 11 is 0. The highest BCUT2D eigenvalue weighted by molar-refractivity contribution is 7.71. The molecule has 0 aliphatic heterocycles. The molecule has 0 aliphatic carbocycles. The summed E-state index contributed by atoms with van der Waals surface area (Å²) in [6.45, 7) is 9.91. The minimum Gasteiger partial charge on any atom is -0.452 e. The Morgan fingerprint density at radius 2 is 1.44 bits per heavy atom. The highest BCUT2D eigenvalue weighted by atomic mass is 31.2. The van der Waals surface area contributed by atoms with Crippen molar-refractivity contribution in [3.8, 4) is 0 Å². The lowest BCUT2D eigenvalue weighted by Gasteiger charge is -2.14. The van der Waals surface area contributed by atoms with Crippen LogP contribution in [-0.2, 0) is 18.3 Å². The van der Waals surface area contributed by atoms with E-state index in [0.717, 1.165) is 0 Å². The molecule has 6 heteroatoms. The molecule has 16 heavy (non-hydrogen) atoms. The van der Waals surface area contributed by atoms with E-state index in [2.05, 4.69) is 24.5 Å². The zero-order valence-corrected chi connectivity index (χ0v) is 9.86. The van der Waals surface area contributed by atoms with Gasteiger partial charge in [0.15, 0.2) is 0 Å². The van der Waals surface area contributed by atoms with Gasteiger partial charge in [-0.25, -0.2) is 9.36 Å². The SMILES string of the molecule is C=CCOC(=O)P(=O)(OCC=C)OCC=C. The van der Waals surface area contributed by atoms with Crippen LogP contribution in [-0.4, -0.2) is 25.5 Å². The van der Waals surface area contributed by atoms with Crippen LogP contribution < -0.4 is 0 Å². The number of carbonyl (C=O) groups is 1. The Bertz CT molecular complexity index is 294. The van der Waals surface area contributed by atoms with Crippen molar-refractivity contribution in [3.63, 3.8) is 0 Å². The van der Waals surface area contributed by atoms with Crippen LogP contribution in [0, 0.1) is 0 Å². The predicted molar refractivity (Wildman–Crippen MR) is 61.4 cm³/mol. The van der Waals surface area contributed by atoms with E-state index < -0.39 is 13.3 Å². The van der Waals surface area contributed by atoms with Crippen LogP contribution in [0.5, 0.6) is 0 Å². The second kappa shape index (κ2) is 8.05. The molecule has 0 saturated carbocycles. The Balaban J connectivity index is 4.54. The molecule has 0 heterocycles. The van der Waals surface area contributed by atoms with Gasteiger partial charge in [0.1, 0.15) is 6.61 Å². The molecule has 0 radical (unpaired) electrons. The quantitative estimate of drug-likeness (QED) is 0.462. The predicted octanol–water partition coefficient (Wildman–Crippen LogP) is 2.91. The average Bonchev–Trinajstić information content (AvgIpc) is 2.30. The Hall–Kier alpha value is -1.16. The minimum absolute atomic E-state index is 0.0578. The first-order chi connectivity index (χ1) is 7.60. The third-order valence-corrected chi connectivity index (χ3v) is 2.83. The summed E-state index contributed by atoms with van der Waals surface area (Å²) in [6, 6.07) is 0. The number of carbonyl (C=O) groups excluding carboxylic acids is 1.